The van der Waals surface area contributed by atoms with Crippen molar-refractivity contribution in [2.45, 2.75) is 0 Å². The highest BCUT2D eigenvalue weighted by Crippen LogP contribution is 2.02. The summed E-state index contributed by atoms with van der Waals surface area (Å²) in [4.78, 5) is 22.8. The monoisotopic (exact) mass is 188 g/mol. The van der Waals surface area contributed by atoms with Crippen LogP contribution in [0.5, 0.6) is 0 Å². The number of nitrogens with zero attached hydrogens (tertiary/aromatic N) is 1. The Bertz CT molecular complexity index is 230. The van der Waals surface area contributed by atoms with E-state index in [2.05, 4.69) is 0 Å². The van der Waals surface area contributed by atoms with E-state index in [-0.39, 0.29) is 30.8 Å². The maximum Gasteiger partial charge on any atom is 0.253 e. The number of hydrogen-bond acceptors (Lipinski definition) is 3. The molecule has 5 heteroatoms. The van der Waals surface area contributed by atoms with Crippen LogP contribution in [0.15, 0.2) is 24.4 Å². The van der Waals surface area contributed by atoms with Crippen molar-refractivity contribution in [1.29, 1.82) is 0 Å². The largest absolute Gasteiger partial charge is 0.405 e. The van der Waals surface area contributed by atoms with Crippen molar-refractivity contribution in [1.82, 2.24) is 4.90 Å². The van der Waals surface area contributed by atoms with Gasteiger partial charge in [-0.2, -0.15) is 0 Å². The highest BCUT2D eigenvalue weighted by atomic mass is 35.5. The van der Waals surface area contributed by atoms with Crippen LogP contribution in [0.2, 0.25) is 0 Å². The van der Waals surface area contributed by atoms with Crippen molar-refractivity contribution in [3.63, 3.8) is 0 Å². The maximum absolute atomic E-state index is 10.8. The quantitative estimate of drug-likeness (QED) is 0.611. The van der Waals surface area contributed by atoms with E-state index in [0.717, 1.165) is 4.90 Å². The minimum absolute atomic E-state index is 0. The van der Waals surface area contributed by atoms with Crippen LogP contribution in [0.25, 0.3) is 0 Å². The van der Waals surface area contributed by atoms with Crippen LogP contribution in [-0.4, -0.2) is 23.3 Å². The molecule has 1 aliphatic rings. The molecule has 0 radical (unpaired) electrons. The molecule has 0 aromatic heterocycles. The third-order valence-corrected chi connectivity index (χ3v) is 1.32. The normalized spacial score (nSPS) is 15.8. The third-order valence-electron chi connectivity index (χ3n) is 1.32. The molecule has 0 saturated carbocycles. The summed E-state index contributed by atoms with van der Waals surface area (Å²) in [6.45, 7) is 0.251. The molecule has 0 aromatic rings. The van der Waals surface area contributed by atoms with E-state index in [4.69, 9.17) is 5.73 Å². The van der Waals surface area contributed by atoms with Crippen LogP contribution in [0.3, 0.4) is 0 Å². The zero-order valence-electron chi connectivity index (χ0n) is 6.27. The van der Waals surface area contributed by atoms with E-state index in [1.807, 2.05) is 0 Å². The van der Waals surface area contributed by atoms with E-state index in [1.54, 1.807) is 6.08 Å². The Balaban J connectivity index is 0.00000121. The number of carbonyl (C=O) groups is 2. The second-order valence-electron chi connectivity index (χ2n) is 2.05. The van der Waals surface area contributed by atoms with E-state index < -0.39 is 0 Å². The highest BCUT2D eigenvalue weighted by molar-refractivity contribution is 6.12. The molecule has 2 N–H and O–H groups in total. The zero-order valence-corrected chi connectivity index (χ0v) is 7.08. The van der Waals surface area contributed by atoms with Gasteiger partial charge in [0.05, 0.1) is 0 Å². The molecule has 4 nitrogen and oxygen atoms in total. The van der Waals surface area contributed by atoms with Crippen molar-refractivity contribution in [2.24, 2.45) is 5.73 Å². The van der Waals surface area contributed by atoms with Gasteiger partial charge in [0.25, 0.3) is 11.8 Å². The van der Waals surface area contributed by atoms with Gasteiger partial charge in [0.2, 0.25) is 0 Å². The molecule has 66 valence electrons. The Morgan fingerprint density at radius 2 is 1.83 bits per heavy atom. The van der Waals surface area contributed by atoms with Gasteiger partial charge in [-0.3, -0.25) is 14.5 Å². The number of amides is 2. The first kappa shape index (κ1) is 10.7. The van der Waals surface area contributed by atoms with Crippen LogP contribution in [0.1, 0.15) is 0 Å². The molecule has 0 spiro atoms. The molecule has 0 aromatic carbocycles. The summed E-state index contributed by atoms with van der Waals surface area (Å²) in [5.74, 6) is -0.568. The molecule has 0 atom stereocenters. The van der Waals surface area contributed by atoms with Gasteiger partial charge in [-0.05, 0) is 12.3 Å². The summed E-state index contributed by atoms with van der Waals surface area (Å²) >= 11 is 0. The lowest BCUT2D eigenvalue weighted by Crippen LogP contribution is -2.29. The predicted octanol–water partition coefficient (Wildman–Crippen LogP) is -0.194. The number of nitrogens with two attached hydrogens (primary N) is 1. The second kappa shape index (κ2) is 4.56. The minimum atomic E-state index is -0.284. The van der Waals surface area contributed by atoms with Gasteiger partial charge in [-0.15, -0.1) is 12.4 Å². The molecular weight excluding hydrogens is 180 g/mol. The van der Waals surface area contributed by atoms with Crippen LogP contribution < -0.4 is 5.73 Å². The molecule has 0 fully saturated rings. The Hall–Kier alpha value is -1.29. The first-order chi connectivity index (χ1) is 5.25. The van der Waals surface area contributed by atoms with Crippen LogP contribution in [-0.2, 0) is 9.59 Å². The maximum atomic E-state index is 10.8. The van der Waals surface area contributed by atoms with Gasteiger partial charge in [-0.1, -0.05) is 0 Å². The first-order valence-corrected chi connectivity index (χ1v) is 3.16. The molecule has 0 bridgehead atoms. The summed E-state index contributed by atoms with van der Waals surface area (Å²) in [6.07, 6.45) is 5.33. The number of carbonyl (C=O) groups excluding carboxylic acids is 2. The average molecular weight is 189 g/mol. The fourth-order valence-corrected chi connectivity index (χ4v) is 0.777. The molecule has 12 heavy (non-hydrogen) atoms. The molecule has 1 rings (SSSR count). The summed E-state index contributed by atoms with van der Waals surface area (Å²) in [7, 11) is 0. The lowest BCUT2D eigenvalue weighted by Gasteiger charge is -2.09. The third kappa shape index (κ3) is 2.10. The molecule has 0 saturated heterocycles. The Kier molecular flexibility index (Phi) is 4.07. The highest BCUT2D eigenvalue weighted by Gasteiger charge is 2.21. The van der Waals surface area contributed by atoms with Crippen molar-refractivity contribution >= 4 is 24.2 Å². The second-order valence-corrected chi connectivity index (χ2v) is 2.05. The Labute approximate surface area is 76.1 Å². The van der Waals surface area contributed by atoms with E-state index in [9.17, 15) is 9.59 Å². The van der Waals surface area contributed by atoms with Gasteiger partial charge >= 0.3 is 0 Å². The molecule has 0 aliphatic carbocycles. The predicted molar refractivity (Wildman–Crippen MR) is 46.4 cm³/mol. The zero-order chi connectivity index (χ0) is 8.27. The van der Waals surface area contributed by atoms with Gasteiger partial charge in [0.15, 0.2) is 0 Å². The van der Waals surface area contributed by atoms with Crippen molar-refractivity contribution in [2.75, 3.05) is 6.54 Å². The number of imide groups is 1. The summed E-state index contributed by atoms with van der Waals surface area (Å²) in [5.41, 5.74) is 5.05. The summed E-state index contributed by atoms with van der Waals surface area (Å²) < 4.78 is 0. The first-order valence-electron chi connectivity index (χ1n) is 3.16. The van der Waals surface area contributed by atoms with Crippen molar-refractivity contribution in [3.8, 4) is 0 Å². The van der Waals surface area contributed by atoms with Gasteiger partial charge in [0, 0.05) is 18.7 Å². The fourth-order valence-electron chi connectivity index (χ4n) is 0.777. The topological polar surface area (TPSA) is 63.4 Å². The fraction of sp³-hybridized carbons (Fsp3) is 0.143. The molecule has 1 aliphatic heterocycles. The Morgan fingerprint density at radius 1 is 1.33 bits per heavy atom. The standard InChI is InChI=1S/C7H8N2O2.ClH/c8-4-1-5-9-6(10)2-3-7(9)11;/h1-4H,5,8H2;1H. The molecule has 0 unspecified atom stereocenters. The van der Waals surface area contributed by atoms with Gasteiger partial charge in [-0.25, -0.2) is 0 Å². The van der Waals surface area contributed by atoms with Gasteiger partial charge < -0.3 is 5.73 Å². The number of halogens is 1. The average Bonchev–Trinajstić information content (AvgIpc) is 2.29. The van der Waals surface area contributed by atoms with Crippen molar-refractivity contribution in [3.05, 3.63) is 24.4 Å². The van der Waals surface area contributed by atoms with E-state index in [0.29, 0.717) is 0 Å². The van der Waals surface area contributed by atoms with Gasteiger partial charge in [0.1, 0.15) is 0 Å². The summed E-state index contributed by atoms with van der Waals surface area (Å²) in [6, 6.07) is 0. The number of rotatable bonds is 2. The SMILES string of the molecule is Cl.NC=CCN1C(=O)C=CC1=O. The van der Waals surface area contributed by atoms with E-state index in [1.165, 1.54) is 18.4 Å². The van der Waals surface area contributed by atoms with Crippen molar-refractivity contribution < 1.29 is 9.59 Å². The van der Waals surface area contributed by atoms with E-state index >= 15 is 0 Å². The minimum Gasteiger partial charge on any atom is -0.405 e. The van der Waals surface area contributed by atoms with Crippen LogP contribution >= 0.6 is 12.4 Å². The Morgan fingerprint density at radius 3 is 2.25 bits per heavy atom. The lowest BCUT2D eigenvalue weighted by molar-refractivity contribution is -0.136. The smallest absolute Gasteiger partial charge is 0.253 e. The lowest BCUT2D eigenvalue weighted by atomic mass is 10.5. The molecular formula is C7H9ClN2O2. The molecule has 1 heterocycles. The molecule has 2 amide bonds. The van der Waals surface area contributed by atoms with Crippen LogP contribution in [0, 0.1) is 0 Å². The van der Waals surface area contributed by atoms with Crippen LogP contribution in [0.4, 0.5) is 0 Å². The number of hydrogen-bond donors (Lipinski definition) is 1. The summed E-state index contributed by atoms with van der Waals surface area (Å²) in [5, 5.41) is 0.